The van der Waals surface area contributed by atoms with Crippen molar-refractivity contribution < 1.29 is 18.3 Å². The van der Waals surface area contributed by atoms with Gasteiger partial charge in [-0.15, -0.1) is 0 Å². The van der Waals surface area contributed by atoms with Gasteiger partial charge in [-0.1, -0.05) is 18.2 Å². The highest BCUT2D eigenvalue weighted by Gasteiger charge is 2.30. The van der Waals surface area contributed by atoms with Crippen molar-refractivity contribution in [2.75, 3.05) is 0 Å². The van der Waals surface area contributed by atoms with Crippen molar-refractivity contribution in [3.05, 3.63) is 47.9 Å². The van der Waals surface area contributed by atoms with E-state index in [9.17, 15) is 13.6 Å². The second kappa shape index (κ2) is 5.20. The number of carbonyl (C=O) groups excluding carboxylic acids is 1. The zero-order chi connectivity index (χ0) is 14.8. The number of primary amides is 1. The maximum absolute atomic E-state index is 13.2. The molecule has 2 N–H and O–H groups in total. The molecule has 2 aromatic rings. The maximum atomic E-state index is 13.2. The van der Waals surface area contributed by atoms with Gasteiger partial charge < -0.3 is 10.5 Å². The number of nitrogens with zero attached hydrogens (tertiary/aromatic N) is 2. The summed E-state index contributed by atoms with van der Waals surface area (Å²) in [6, 6.07) is 8.33. The molecule has 1 heterocycles. The van der Waals surface area contributed by atoms with Crippen LogP contribution in [0.1, 0.15) is 23.1 Å². The number of carbonyl (C=O) groups is 1. The topological polar surface area (TPSA) is 78.1 Å². The summed E-state index contributed by atoms with van der Waals surface area (Å²) >= 11 is 0. The molecule has 20 heavy (non-hydrogen) atoms. The summed E-state index contributed by atoms with van der Waals surface area (Å²) in [6.07, 6.45) is 0.931. The lowest BCUT2D eigenvalue weighted by Crippen LogP contribution is -2.18. The quantitative estimate of drug-likeness (QED) is 0.932. The Labute approximate surface area is 113 Å². The number of benzene rings is 1. The predicted molar refractivity (Wildman–Crippen MR) is 66.6 cm³/mol. The minimum Gasteiger partial charge on any atom is -0.438 e. The van der Waals surface area contributed by atoms with Crippen molar-refractivity contribution in [1.29, 1.82) is 0 Å². The molecule has 0 unspecified atom stereocenters. The molecule has 0 atom stereocenters. The second-order valence-electron chi connectivity index (χ2n) is 4.08. The largest absolute Gasteiger partial charge is 0.438 e. The molecule has 7 heteroatoms. The van der Waals surface area contributed by atoms with Crippen LogP contribution in [0.4, 0.5) is 8.78 Å². The Morgan fingerprint density at radius 2 is 1.95 bits per heavy atom. The lowest BCUT2D eigenvalue weighted by atomic mass is 10.3. The molecule has 0 bridgehead atoms. The first-order valence-corrected chi connectivity index (χ1v) is 5.66. The highest BCUT2D eigenvalue weighted by molar-refractivity contribution is 5.94. The second-order valence-corrected chi connectivity index (χ2v) is 4.08. The molecule has 0 aliphatic heterocycles. The Balaban J connectivity index is 2.45. The number of amides is 1. The third kappa shape index (κ3) is 3.05. The van der Waals surface area contributed by atoms with Crippen LogP contribution >= 0.6 is 0 Å². The zero-order valence-electron chi connectivity index (χ0n) is 10.5. The zero-order valence-corrected chi connectivity index (χ0v) is 10.5. The number of rotatable bonds is 4. The maximum Gasteiger partial charge on any atom is 0.303 e. The number of ether oxygens (including phenoxy) is 1. The van der Waals surface area contributed by atoms with E-state index in [0.717, 1.165) is 6.20 Å². The molecule has 1 amide bonds. The molecule has 0 aliphatic carbocycles. The van der Waals surface area contributed by atoms with Gasteiger partial charge >= 0.3 is 5.92 Å². The van der Waals surface area contributed by atoms with Gasteiger partial charge in [0.2, 0.25) is 11.7 Å². The lowest BCUT2D eigenvalue weighted by molar-refractivity contribution is 0.00709. The third-order valence-corrected chi connectivity index (χ3v) is 2.37. The molecule has 0 radical (unpaired) electrons. The van der Waals surface area contributed by atoms with Crippen LogP contribution in [-0.2, 0) is 5.92 Å². The highest BCUT2D eigenvalue weighted by Crippen LogP contribution is 2.28. The fraction of sp³-hybridized carbons (Fsp3) is 0.154. The van der Waals surface area contributed by atoms with Crippen LogP contribution < -0.4 is 10.5 Å². The summed E-state index contributed by atoms with van der Waals surface area (Å²) in [7, 11) is 0. The van der Waals surface area contributed by atoms with Crippen molar-refractivity contribution >= 4 is 5.91 Å². The molecule has 2 rings (SSSR count). The molecule has 0 saturated heterocycles. The number of hydrogen-bond donors (Lipinski definition) is 1. The average Bonchev–Trinajstić information content (AvgIpc) is 2.38. The molecule has 0 spiro atoms. The molecule has 0 saturated carbocycles. The molecule has 104 valence electrons. The summed E-state index contributed by atoms with van der Waals surface area (Å²) < 4.78 is 31.7. The SMILES string of the molecule is CC(F)(F)c1ncc(C(N)=O)c(Oc2ccccc2)n1. The number of halogens is 2. The van der Waals surface area contributed by atoms with Crippen LogP contribution in [-0.4, -0.2) is 15.9 Å². The minimum absolute atomic E-state index is 0.165. The first-order chi connectivity index (χ1) is 9.38. The molecule has 1 aromatic carbocycles. The normalized spacial score (nSPS) is 11.2. The number of alkyl halides is 2. The van der Waals surface area contributed by atoms with E-state index in [2.05, 4.69) is 9.97 Å². The Morgan fingerprint density at radius 1 is 1.30 bits per heavy atom. The van der Waals surface area contributed by atoms with Gasteiger partial charge in [-0.2, -0.15) is 13.8 Å². The van der Waals surface area contributed by atoms with Crippen LogP contribution in [0.15, 0.2) is 36.5 Å². The van der Waals surface area contributed by atoms with E-state index < -0.39 is 17.7 Å². The van der Waals surface area contributed by atoms with E-state index in [-0.39, 0.29) is 11.4 Å². The highest BCUT2D eigenvalue weighted by atomic mass is 19.3. The van der Waals surface area contributed by atoms with E-state index >= 15 is 0 Å². The van der Waals surface area contributed by atoms with Gasteiger partial charge in [0.05, 0.1) is 0 Å². The van der Waals surface area contributed by atoms with Gasteiger partial charge in [0.25, 0.3) is 5.91 Å². The fourth-order valence-electron chi connectivity index (χ4n) is 1.42. The van der Waals surface area contributed by atoms with Gasteiger partial charge in [0.15, 0.2) is 0 Å². The molecule has 1 aromatic heterocycles. The predicted octanol–water partition coefficient (Wildman–Crippen LogP) is 2.48. The average molecular weight is 279 g/mol. The number of para-hydroxylation sites is 1. The van der Waals surface area contributed by atoms with E-state index in [1.54, 1.807) is 30.3 Å². The van der Waals surface area contributed by atoms with Crippen LogP contribution in [0.25, 0.3) is 0 Å². The van der Waals surface area contributed by atoms with Gasteiger partial charge in [-0.3, -0.25) is 4.79 Å². The van der Waals surface area contributed by atoms with E-state index in [0.29, 0.717) is 12.7 Å². The van der Waals surface area contributed by atoms with Crippen molar-refractivity contribution in [1.82, 2.24) is 9.97 Å². The summed E-state index contributed by atoms with van der Waals surface area (Å²) in [5, 5.41) is 0. The van der Waals surface area contributed by atoms with Gasteiger partial charge in [0, 0.05) is 13.1 Å². The summed E-state index contributed by atoms with van der Waals surface area (Å²) in [4.78, 5) is 18.3. The first kappa shape index (κ1) is 13.9. The first-order valence-electron chi connectivity index (χ1n) is 5.66. The molecule has 5 nitrogen and oxygen atoms in total. The number of hydrogen-bond acceptors (Lipinski definition) is 4. The number of aromatic nitrogens is 2. The van der Waals surface area contributed by atoms with Crippen molar-refractivity contribution in [2.45, 2.75) is 12.8 Å². The lowest BCUT2D eigenvalue weighted by Gasteiger charge is -2.12. The van der Waals surface area contributed by atoms with Crippen LogP contribution in [0, 0.1) is 0 Å². The Morgan fingerprint density at radius 3 is 2.50 bits per heavy atom. The molecular formula is C13H11F2N3O2. The smallest absolute Gasteiger partial charge is 0.303 e. The van der Waals surface area contributed by atoms with Gasteiger partial charge in [-0.05, 0) is 12.1 Å². The van der Waals surface area contributed by atoms with Gasteiger partial charge in [0.1, 0.15) is 11.3 Å². The Bertz CT molecular complexity index is 627. The Hall–Kier alpha value is -2.57. The fourth-order valence-corrected chi connectivity index (χ4v) is 1.42. The number of nitrogens with two attached hydrogens (primary N) is 1. The molecular weight excluding hydrogens is 268 g/mol. The monoisotopic (exact) mass is 279 g/mol. The van der Waals surface area contributed by atoms with Crippen molar-refractivity contribution in [2.24, 2.45) is 5.73 Å². The van der Waals surface area contributed by atoms with E-state index in [1.165, 1.54) is 0 Å². The Kier molecular flexibility index (Phi) is 3.60. The van der Waals surface area contributed by atoms with E-state index in [4.69, 9.17) is 10.5 Å². The van der Waals surface area contributed by atoms with Gasteiger partial charge in [-0.25, -0.2) is 4.98 Å². The summed E-state index contributed by atoms with van der Waals surface area (Å²) in [6.45, 7) is 0.651. The minimum atomic E-state index is -3.25. The van der Waals surface area contributed by atoms with E-state index in [1.807, 2.05) is 0 Å². The summed E-state index contributed by atoms with van der Waals surface area (Å²) in [5.74, 6) is -4.80. The third-order valence-electron chi connectivity index (χ3n) is 2.37. The van der Waals surface area contributed by atoms with Crippen LogP contribution in [0.5, 0.6) is 11.6 Å². The van der Waals surface area contributed by atoms with Crippen LogP contribution in [0.2, 0.25) is 0 Å². The van der Waals surface area contributed by atoms with Crippen LogP contribution in [0.3, 0.4) is 0 Å². The summed E-state index contributed by atoms with van der Waals surface area (Å²) in [5.41, 5.74) is 4.98. The van der Waals surface area contributed by atoms with Crippen molar-refractivity contribution in [3.63, 3.8) is 0 Å². The van der Waals surface area contributed by atoms with Crippen molar-refractivity contribution in [3.8, 4) is 11.6 Å². The molecule has 0 fully saturated rings. The molecule has 0 aliphatic rings. The standard InChI is InChI=1S/C13H11F2N3O2/c1-13(14,15)12-17-7-9(10(16)19)11(18-12)20-8-5-3-2-4-6-8/h2-7H,1H3,(H2,16,19).